The van der Waals surface area contributed by atoms with Crippen molar-refractivity contribution in [3.63, 3.8) is 0 Å². The molecule has 0 radical (unpaired) electrons. The van der Waals surface area contributed by atoms with Gasteiger partial charge < -0.3 is 14.6 Å². The zero-order chi connectivity index (χ0) is 20.7. The van der Waals surface area contributed by atoms with Crippen molar-refractivity contribution in [1.82, 2.24) is 4.90 Å². The average Bonchev–Trinajstić information content (AvgIpc) is 3.46. The summed E-state index contributed by atoms with van der Waals surface area (Å²) in [6.07, 6.45) is 6.26. The fourth-order valence-corrected chi connectivity index (χ4v) is 6.96. The van der Waals surface area contributed by atoms with E-state index in [1.54, 1.807) is 0 Å². The van der Waals surface area contributed by atoms with Crippen molar-refractivity contribution >= 4 is 5.78 Å². The largest absolute Gasteiger partial charge is 0.490 e. The second-order valence-corrected chi connectivity index (χ2v) is 10.4. The number of benzene rings is 1. The van der Waals surface area contributed by atoms with Gasteiger partial charge in [0.2, 0.25) is 0 Å². The molecule has 6 rings (SSSR count). The highest BCUT2D eigenvalue weighted by Gasteiger charge is 2.74. The number of ether oxygens (including phenoxy) is 2. The molecule has 1 aromatic rings. The van der Waals surface area contributed by atoms with Crippen molar-refractivity contribution < 1.29 is 19.4 Å². The number of Topliss-reactive ketones (excluding diaryl/α,β-unsaturated/α-hetero) is 1. The molecule has 2 bridgehead atoms. The van der Waals surface area contributed by atoms with Gasteiger partial charge in [0, 0.05) is 24.1 Å². The molecule has 1 spiro atoms. The van der Waals surface area contributed by atoms with Crippen LogP contribution in [0.2, 0.25) is 0 Å². The fraction of sp³-hybridized carbons (Fsp3) is 0.720. The average molecular weight is 412 g/mol. The number of aliphatic hydroxyl groups is 1. The zero-order valence-corrected chi connectivity index (χ0v) is 18.2. The van der Waals surface area contributed by atoms with E-state index in [9.17, 15) is 9.90 Å². The summed E-state index contributed by atoms with van der Waals surface area (Å²) in [7, 11) is 0. The zero-order valence-electron chi connectivity index (χ0n) is 18.2. The Morgan fingerprint density at radius 1 is 1.33 bits per heavy atom. The van der Waals surface area contributed by atoms with Gasteiger partial charge in [0.1, 0.15) is 0 Å². The molecule has 0 amide bonds. The highest BCUT2D eigenvalue weighted by molar-refractivity contribution is 5.91. The minimum absolute atomic E-state index is 0.0683. The molecule has 5 heteroatoms. The molecule has 162 valence electrons. The molecule has 30 heavy (non-hydrogen) atoms. The summed E-state index contributed by atoms with van der Waals surface area (Å²) in [4.78, 5) is 15.9. The van der Waals surface area contributed by atoms with Crippen molar-refractivity contribution in [2.24, 2.45) is 11.8 Å². The lowest BCUT2D eigenvalue weighted by atomic mass is 9.47. The number of piperidine rings is 1. The molecular weight excluding hydrogens is 378 g/mol. The minimum Gasteiger partial charge on any atom is -0.490 e. The maximum atomic E-state index is 13.3. The van der Waals surface area contributed by atoms with E-state index in [4.69, 9.17) is 9.47 Å². The van der Waals surface area contributed by atoms with Gasteiger partial charge in [-0.25, -0.2) is 0 Å². The molecule has 5 aliphatic rings. The summed E-state index contributed by atoms with van der Waals surface area (Å²) in [6, 6.07) is 4.26. The predicted molar refractivity (Wildman–Crippen MR) is 113 cm³/mol. The van der Waals surface area contributed by atoms with Crippen LogP contribution in [0.5, 0.6) is 11.5 Å². The van der Waals surface area contributed by atoms with Crippen LogP contribution >= 0.6 is 0 Å². The predicted octanol–water partition coefficient (Wildman–Crippen LogP) is 3.24. The van der Waals surface area contributed by atoms with Crippen molar-refractivity contribution in [2.45, 2.75) is 82.0 Å². The van der Waals surface area contributed by atoms with Gasteiger partial charge in [0.15, 0.2) is 23.4 Å². The van der Waals surface area contributed by atoms with Gasteiger partial charge in [-0.1, -0.05) is 26.3 Å². The van der Waals surface area contributed by atoms with Gasteiger partial charge in [-0.15, -0.1) is 0 Å². The highest BCUT2D eigenvalue weighted by atomic mass is 16.5. The smallest absolute Gasteiger partial charge is 0.177 e. The molecule has 5 atom stereocenters. The van der Waals surface area contributed by atoms with Gasteiger partial charge in [-0.3, -0.25) is 9.69 Å². The molecule has 1 aromatic carbocycles. The Kier molecular flexibility index (Phi) is 4.12. The number of hydrogen-bond acceptors (Lipinski definition) is 5. The number of rotatable bonds is 6. The van der Waals surface area contributed by atoms with Crippen LogP contribution in [0.1, 0.15) is 63.5 Å². The van der Waals surface area contributed by atoms with Gasteiger partial charge >= 0.3 is 0 Å². The summed E-state index contributed by atoms with van der Waals surface area (Å²) in [5, 5.41) is 12.4. The van der Waals surface area contributed by atoms with E-state index in [-0.39, 0.29) is 17.7 Å². The first-order valence-corrected chi connectivity index (χ1v) is 12.0. The van der Waals surface area contributed by atoms with Crippen LogP contribution in [0.3, 0.4) is 0 Å². The molecule has 1 N–H and O–H groups in total. The molecule has 2 aliphatic heterocycles. The van der Waals surface area contributed by atoms with Crippen LogP contribution in [0.4, 0.5) is 0 Å². The van der Waals surface area contributed by atoms with Gasteiger partial charge in [-0.05, 0) is 62.6 Å². The van der Waals surface area contributed by atoms with E-state index in [2.05, 4.69) is 17.9 Å². The van der Waals surface area contributed by atoms with Crippen LogP contribution in [0, 0.1) is 11.8 Å². The van der Waals surface area contributed by atoms with Crippen molar-refractivity contribution in [3.05, 3.63) is 23.3 Å². The third-order valence-electron chi connectivity index (χ3n) is 8.62. The second kappa shape index (κ2) is 6.46. The molecule has 1 unspecified atom stereocenters. The third-order valence-corrected chi connectivity index (χ3v) is 8.62. The SMILES string of the molecule is CCCCOc1ccc2c3c1O[C@H]1C(=O)C(C)C[C@@]4(O)[C@@H](C2)N(CC2CC2)CC[C@]314. The summed E-state index contributed by atoms with van der Waals surface area (Å²) < 4.78 is 12.6. The molecule has 3 aliphatic carbocycles. The van der Waals surface area contributed by atoms with Crippen LogP contribution in [-0.4, -0.2) is 53.2 Å². The molecule has 2 heterocycles. The Morgan fingerprint density at radius 3 is 2.93 bits per heavy atom. The lowest BCUT2D eigenvalue weighted by molar-refractivity contribution is -0.196. The van der Waals surface area contributed by atoms with Crippen molar-refractivity contribution in [1.29, 1.82) is 0 Å². The Morgan fingerprint density at radius 2 is 2.17 bits per heavy atom. The number of hydrogen-bond donors (Lipinski definition) is 1. The van der Waals surface area contributed by atoms with Crippen LogP contribution in [0.25, 0.3) is 0 Å². The number of carbonyl (C=O) groups is 1. The van der Waals surface area contributed by atoms with Crippen LogP contribution in [0.15, 0.2) is 12.1 Å². The van der Waals surface area contributed by atoms with Gasteiger partial charge in [-0.2, -0.15) is 0 Å². The molecule has 1 saturated heterocycles. The quantitative estimate of drug-likeness (QED) is 0.729. The van der Waals surface area contributed by atoms with E-state index in [1.165, 1.54) is 18.4 Å². The fourth-order valence-electron chi connectivity index (χ4n) is 6.96. The first-order chi connectivity index (χ1) is 14.5. The first kappa shape index (κ1) is 19.1. The topological polar surface area (TPSA) is 59.0 Å². The Hall–Kier alpha value is -1.59. The van der Waals surface area contributed by atoms with Crippen LogP contribution in [-0.2, 0) is 16.6 Å². The normalized spacial score (nSPS) is 38.9. The lowest BCUT2D eigenvalue weighted by Crippen LogP contribution is -2.77. The number of likely N-dealkylation sites (tertiary alicyclic amines) is 1. The first-order valence-electron chi connectivity index (χ1n) is 12.0. The standard InChI is InChI=1S/C25H33NO4/c1-3-4-11-29-18-8-7-17-12-19-25(28)13-15(2)21(27)23-24(25,20(17)22(18)30-23)9-10-26(19)14-16-5-6-16/h7-8,15-16,19,23,28H,3-6,9-14H2,1-2H3/t15?,19-,23+,24+,25-/m1/s1. The molecule has 2 saturated carbocycles. The third kappa shape index (κ3) is 2.34. The maximum absolute atomic E-state index is 13.3. The van der Waals surface area contributed by atoms with Crippen molar-refractivity contribution in [3.8, 4) is 11.5 Å². The van der Waals surface area contributed by atoms with Crippen LogP contribution < -0.4 is 9.47 Å². The number of ketones is 1. The highest BCUT2D eigenvalue weighted by Crippen LogP contribution is 2.65. The number of carbonyl (C=O) groups excluding carboxylic acids is 1. The maximum Gasteiger partial charge on any atom is 0.177 e. The van der Waals surface area contributed by atoms with Gasteiger partial charge in [0.05, 0.1) is 17.6 Å². The van der Waals surface area contributed by atoms with Gasteiger partial charge in [0.25, 0.3) is 0 Å². The van der Waals surface area contributed by atoms with E-state index in [0.29, 0.717) is 13.0 Å². The summed E-state index contributed by atoms with van der Waals surface area (Å²) in [5.41, 5.74) is 0.798. The Balaban J connectivity index is 1.49. The second-order valence-electron chi connectivity index (χ2n) is 10.4. The van der Waals surface area contributed by atoms with E-state index in [0.717, 1.165) is 61.8 Å². The lowest BCUT2D eigenvalue weighted by Gasteiger charge is -2.63. The summed E-state index contributed by atoms with van der Waals surface area (Å²) in [5.74, 6) is 2.23. The molecule has 3 fully saturated rings. The van der Waals surface area contributed by atoms with E-state index >= 15 is 0 Å². The Bertz CT molecular complexity index is 895. The Labute approximate surface area is 178 Å². The molecule has 5 nitrogen and oxygen atoms in total. The van der Waals surface area contributed by atoms with E-state index < -0.39 is 17.1 Å². The molecular formula is C25H33NO4. The number of nitrogens with zero attached hydrogens (tertiary/aromatic N) is 1. The minimum atomic E-state index is -0.918. The summed E-state index contributed by atoms with van der Waals surface area (Å²) in [6.45, 7) is 6.78. The number of unbranched alkanes of at least 4 members (excludes halogenated alkanes) is 1. The summed E-state index contributed by atoms with van der Waals surface area (Å²) >= 11 is 0. The molecule has 0 aromatic heterocycles. The monoisotopic (exact) mass is 411 g/mol. The van der Waals surface area contributed by atoms with Crippen molar-refractivity contribution in [2.75, 3.05) is 19.7 Å². The van der Waals surface area contributed by atoms with E-state index in [1.807, 2.05) is 13.0 Å².